The van der Waals surface area contributed by atoms with Crippen LogP contribution in [0.2, 0.25) is 0 Å². The molecule has 1 fully saturated rings. The molecule has 2 aromatic rings. The Morgan fingerprint density at radius 3 is 2.93 bits per heavy atom. The van der Waals surface area contributed by atoms with E-state index in [0.29, 0.717) is 18.7 Å². The maximum Gasteiger partial charge on any atom is 0.255 e. The number of nitrogens with zero attached hydrogens (tertiary/aromatic N) is 5. The summed E-state index contributed by atoms with van der Waals surface area (Å²) in [6.45, 7) is 0.668. The van der Waals surface area contributed by atoms with Crippen LogP contribution >= 0.6 is 11.3 Å². The number of hydrogen-bond donors (Lipinski definition) is 2. The van der Waals surface area contributed by atoms with Gasteiger partial charge in [0.05, 0.1) is 18.0 Å². The van der Waals surface area contributed by atoms with Crippen LogP contribution < -0.4 is 5.73 Å². The summed E-state index contributed by atoms with van der Waals surface area (Å²) in [5.74, 6) is -0.258. The van der Waals surface area contributed by atoms with Crippen molar-refractivity contribution in [2.75, 3.05) is 20.1 Å². The van der Waals surface area contributed by atoms with E-state index in [0.717, 1.165) is 4.88 Å². The Hall–Kier alpha value is -2.96. The zero-order valence-corrected chi connectivity index (χ0v) is 15.4. The quantitative estimate of drug-likeness (QED) is 0.783. The second-order valence-corrected chi connectivity index (χ2v) is 7.68. The van der Waals surface area contributed by atoms with Crippen LogP contribution in [-0.2, 0) is 5.54 Å². The summed E-state index contributed by atoms with van der Waals surface area (Å²) in [4.78, 5) is 25.9. The Morgan fingerprint density at radius 2 is 2.30 bits per heavy atom. The topological polar surface area (TPSA) is 119 Å². The molecule has 1 amide bonds. The summed E-state index contributed by atoms with van der Waals surface area (Å²) in [6.07, 6.45) is 0.558. The number of hydrogen-bond acceptors (Lipinski definition) is 8. The van der Waals surface area contributed by atoms with E-state index in [2.05, 4.69) is 4.98 Å². The van der Waals surface area contributed by atoms with Gasteiger partial charge in [0.2, 0.25) is 0 Å². The van der Waals surface area contributed by atoms with E-state index < -0.39 is 11.8 Å². The molecule has 8 nitrogen and oxygen atoms in total. The number of likely N-dealkylation sites (tertiary alicyclic amines) is 1. The molecule has 0 radical (unpaired) electrons. The fraction of sp³-hybridized carbons (Fsp3) is 0.333. The Bertz CT molecular complexity index is 936. The molecule has 3 atom stereocenters. The molecule has 4 heterocycles. The van der Waals surface area contributed by atoms with Gasteiger partial charge < -0.3 is 20.6 Å². The molecule has 2 aliphatic heterocycles. The van der Waals surface area contributed by atoms with Crippen LogP contribution in [0, 0.1) is 17.2 Å². The molecule has 9 heteroatoms. The molecule has 1 saturated heterocycles. The number of pyridine rings is 1. The van der Waals surface area contributed by atoms with Crippen molar-refractivity contribution < 1.29 is 9.90 Å². The average molecular weight is 382 g/mol. The smallest absolute Gasteiger partial charge is 0.255 e. The molecule has 3 unspecified atom stereocenters. The number of aliphatic imine (C=N–C) groups is 1. The van der Waals surface area contributed by atoms with E-state index in [4.69, 9.17) is 16.0 Å². The molecule has 0 aliphatic carbocycles. The number of rotatable bonds is 2. The molecular weight excluding hydrogens is 364 g/mol. The summed E-state index contributed by atoms with van der Waals surface area (Å²) in [6, 6.07) is 8.94. The van der Waals surface area contributed by atoms with Gasteiger partial charge in [0.15, 0.2) is 5.96 Å². The van der Waals surface area contributed by atoms with Crippen LogP contribution in [0.5, 0.6) is 0 Å². The molecule has 0 aromatic carbocycles. The third-order valence-corrected chi connectivity index (χ3v) is 6.29. The second-order valence-electron chi connectivity index (χ2n) is 6.73. The summed E-state index contributed by atoms with van der Waals surface area (Å²) in [5.41, 5.74) is 5.95. The first kappa shape index (κ1) is 17.5. The van der Waals surface area contributed by atoms with Crippen molar-refractivity contribution >= 4 is 23.2 Å². The molecular formula is C18H18N6O2S. The van der Waals surface area contributed by atoms with Gasteiger partial charge in [0.25, 0.3) is 5.91 Å². The van der Waals surface area contributed by atoms with E-state index >= 15 is 0 Å². The minimum Gasteiger partial charge on any atom is -0.373 e. The molecule has 0 bridgehead atoms. The van der Waals surface area contributed by atoms with Gasteiger partial charge in [0.1, 0.15) is 23.5 Å². The van der Waals surface area contributed by atoms with Crippen LogP contribution in [0.1, 0.15) is 20.9 Å². The minimum absolute atomic E-state index is 0.207. The maximum atomic E-state index is 13.0. The fourth-order valence-electron chi connectivity index (χ4n) is 3.77. The standard InChI is InChI=1S/C18H18N6O2S/c1-23-16(26)13-9-24(15(25)11-4-5-12(7-19)21-8-11)10-18(13,22-17(23)20)14-3-2-6-27-14/h2-6,8,13,16,26H,9-10H2,1H3,(H2,20,22). The second kappa shape index (κ2) is 6.33. The number of nitrogens with two attached hydrogens (primary N) is 1. The monoisotopic (exact) mass is 382 g/mol. The van der Waals surface area contributed by atoms with Crippen molar-refractivity contribution in [3.63, 3.8) is 0 Å². The van der Waals surface area contributed by atoms with Crippen molar-refractivity contribution in [2.45, 2.75) is 11.8 Å². The van der Waals surface area contributed by atoms with Crippen LogP contribution in [0.4, 0.5) is 0 Å². The summed E-state index contributed by atoms with van der Waals surface area (Å²) >= 11 is 1.54. The predicted octanol–water partition coefficient (Wildman–Crippen LogP) is 0.561. The fourth-order valence-corrected chi connectivity index (χ4v) is 4.70. The number of aromatic nitrogens is 1. The van der Waals surface area contributed by atoms with Crippen molar-refractivity contribution in [2.24, 2.45) is 16.6 Å². The predicted molar refractivity (Wildman–Crippen MR) is 99.7 cm³/mol. The van der Waals surface area contributed by atoms with Crippen LogP contribution in [-0.4, -0.2) is 58.1 Å². The van der Waals surface area contributed by atoms with Gasteiger partial charge in [-0.3, -0.25) is 4.79 Å². The highest BCUT2D eigenvalue weighted by Gasteiger charge is 2.56. The molecule has 0 saturated carbocycles. The van der Waals surface area contributed by atoms with E-state index in [-0.39, 0.29) is 23.5 Å². The van der Waals surface area contributed by atoms with E-state index in [1.807, 2.05) is 23.6 Å². The third kappa shape index (κ3) is 2.65. The van der Waals surface area contributed by atoms with Gasteiger partial charge in [-0.15, -0.1) is 11.3 Å². The highest BCUT2D eigenvalue weighted by atomic mass is 32.1. The molecule has 2 aromatic heterocycles. The number of fused-ring (bicyclic) bond motifs is 1. The minimum atomic E-state index is -0.846. The van der Waals surface area contributed by atoms with Gasteiger partial charge in [-0.1, -0.05) is 6.07 Å². The first-order chi connectivity index (χ1) is 13.0. The lowest BCUT2D eigenvalue weighted by atomic mass is 9.83. The van der Waals surface area contributed by atoms with Crippen molar-refractivity contribution in [1.82, 2.24) is 14.8 Å². The lowest BCUT2D eigenvalue weighted by Crippen LogP contribution is -2.56. The van der Waals surface area contributed by atoms with Gasteiger partial charge >= 0.3 is 0 Å². The number of amides is 1. The van der Waals surface area contributed by atoms with Gasteiger partial charge in [-0.25, -0.2) is 9.98 Å². The number of nitriles is 1. The van der Waals surface area contributed by atoms with E-state index in [1.165, 1.54) is 28.5 Å². The SMILES string of the molecule is CN1C(N)=NC2(c3cccs3)CN(C(=O)c3ccc(C#N)nc3)CC2C1O. The Morgan fingerprint density at radius 1 is 1.48 bits per heavy atom. The number of carbonyl (C=O) groups is 1. The molecule has 0 spiro atoms. The zero-order valence-electron chi connectivity index (χ0n) is 14.6. The van der Waals surface area contributed by atoms with Crippen LogP contribution in [0.3, 0.4) is 0 Å². The number of thiophene rings is 1. The Balaban J connectivity index is 1.71. The van der Waals surface area contributed by atoms with Crippen molar-refractivity contribution in [3.05, 3.63) is 52.0 Å². The summed E-state index contributed by atoms with van der Waals surface area (Å²) < 4.78 is 0. The van der Waals surface area contributed by atoms with E-state index in [1.54, 1.807) is 18.0 Å². The highest BCUT2D eigenvalue weighted by Crippen LogP contribution is 2.47. The summed E-state index contributed by atoms with van der Waals surface area (Å²) in [7, 11) is 1.69. The maximum absolute atomic E-state index is 13.0. The first-order valence-corrected chi connectivity index (χ1v) is 9.30. The summed E-state index contributed by atoms with van der Waals surface area (Å²) in [5, 5.41) is 21.6. The Kier molecular flexibility index (Phi) is 4.09. The van der Waals surface area contributed by atoms with Crippen LogP contribution in [0.15, 0.2) is 40.8 Å². The van der Waals surface area contributed by atoms with Crippen molar-refractivity contribution in [3.8, 4) is 6.07 Å². The molecule has 27 heavy (non-hydrogen) atoms. The molecule has 4 rings (SSSR count). The van der Waals surface area contributed by atoms with Gasteiger partial charge in [0, 0.05) is 24.7 Å². The van der Waals surface area contributed by atoms with Gasteiger partial charge in [-0.2, -0.15) is 5.26 Å². The Labute approximate surface area is 160 Å². The highest BCUT2D eigenvalue weighted by molar-refractivity contribution is 7.10. The average Bonchev–Trinajstić information content (AvgIpc) is 3.34. The number of aliphatic hydroxyl groups excluding tert-OH is 1. The first-order valence-electron chi connectivity index (χ1n) is 8.42. The third-order valence-electron chi connectivity index (χ3n) is 5.25. The largest absolute Gasteiger partial charge is 0.373 e. The zero-order chi connectivity index (χ0) is 19.2. The van der Waals surface area contributed by atoms with Crippen molar-refractivity contribution in [1.29, 1.82) is 5.26 Å². The lowest BCUT2D eigenvalue weighted by Gasteiger charge is -2.42. The molecule has 2 aliphatic rings. The molecule has 138 valence electrons. The normalized spacial score (nSPS) is 27.1. The number of aliphatic hydroxyl groups is 1. The van der Waals surface area contributed by atoms with Crippen LogP contribution in [0.25, 0.3) is 0 Å². The van der Waals surface area contributed by atoms with Gasteiger partial charge in [-0.05, 0) is 23.6 Å². The number of carbonyl (C=O) groups excluding carboxylic acids is 1. The van der Waals surface area contributed by atoms with E-state index in [9.17, 15) is 9.90 Å². The molecule has 3 N–H and O–H groups in total. The number of guanidine groups is 1. The lowest BCUT2D eigenvalue weighted by molar-refractivity contribution is -0.0149.